The van der Waals surface area contributed by atoms with E-state index in [-0.39, 0.29) is 5.91 Å². The van der Waals surface area contributed by atoms with Crippen molar-refractivity contribution in [3.63, 3.8) is 0 Å². The fourth-order valence-corrected chi connectivity index (χ4v) is 4.15. The summed E-state index contributed by atoms with van der Waals surface area (Å²) < 4.78 is 0. The molecule has 2 unspecified atom stereocenters. The molecular formula is C17H26N6O. The van der Waals surface area contributed by atoms with E-state index in [1.807, 2.05) is 7.05 Å². The van der Waals surface area contributed by atoms with Crippen LogP contribution >= 0.6 is 0 Å². The van der Waals surface area contributed by atoms with Gasteiger partial charge in [-0.05, 0) is 26.3 Å². The van der Waals surface area contributed by atoms with Crippen molar-refractivity contribution in [2.75, 3.05) is 56.6 Å². The fraction of sp³-hybridized carbons (Fsp3) is 0.706. The molecular weight excluding hydrogens is 304 g/mol. The number of carbonyl (C=O) groups is 1. The number of anilines is 2. The normalized spacial score (nSPS) is 28.4. The summed E-state index contributed by atoms with van der Waals surface area (Å²) in [5, 5.41) is 0. The van der Waals surface area contributed by atoms with Crippen LogP contribution in [0.25, 0.3) is 0 Å². The zero-order valence-corrected chi connectivity index (χ0v) is 14.6. The number of amides is 1. The van der Waals surface area contributed by atoms with Crippen molar-refractivity contribution in [2.24, 2.45) is 0 Å². The lowest BCUT2D eigenvalue weighted by Crippen LogP contribution is -2.48. The van der Waals surface area contributed by atoms with Gasteiger partial charge in [-0.15, -0.1) is 0 Å². The number of hydrogen-bond acceptors (Lipinski definition) is 6. The van der Waals surface area contributed by atoms with Crippen molar-refractivity contribution in [3.8, 4) is 0 Å². The van der Waals surface area contributed by atoms with Crippen LogP contribution in [0, 0.1) is 0 Å². The number of aromatic nitrogens is 2. The third-order valence-corrected chi connectivity index (χ3v) is 5.89. The number of rotatable bonds is 2. The SMILES string of the molecule is CN1CCN(c2cc(N3CCC4CCC(C3)N4C)ncn2)CC1=O. The van der Waals surface area contributed by atoms with Gasteiger partial charge in [-0.1, -0.05) is 0 Å². The molecule has 3 fully saturated rings. The Morgan fingerprint density at radius 1 is 0.958 bits per heavy atom. The second-order valence-electron chi connectivity index (χ2n) is 7.26. The van der Waals surface area contributed by atoms with E-state index in [1.165, 1.54) is 19.3 Å². The van der Waals surface area contributed by atoms with Crippen LogP contribution in [-0.4, -0.2) is 84.6 Å². The highest BCUT2D eigenvalue weighted by atomic mass is 16.2. The van der Waals surface area contributed by atoms with E-state index < -0.39 is 0 Å². The van der Waals surface area contributed by atoms with E-state index in [4.69, 9.17) is 0 Å². The average molecular weight is 330 g/mol. The lowest BCUT2D eigenvalue weighted by molar-refractivity contribution is -0.129. The Hall–Kier alpha value is -1.89. The van der Waals surface area contributed by atoms with Crippen LogP contribution in [0.4, 0.5) is 11.6 Å². The summed E-state index contributed by atoms with van der Waals surface area (Å²) in [7, 11) is 4.11. The van der Waals surface area contributed by atoms with Crippen LogP contribution in [-0.2, 0) is 4.79 Å². The highest BCUT2D eigenvalue weighted by Crippen LogP contribution is 2.30. The van der Waals surface area contributed by atoms with Crippen molar-refractivity contribution < 1.29 is 4.79 Å². The first-order valence-electron chi connectivity index (χ1n) is 8.89. The minimum Gasteiger partial charge on any atom is -0.355 e. The van der Waals surface area contributed by atoms with E-state index in [2.05, 4.69) is 37.8 Å². The van der Waals surface area contributed by atoms with E-state index in [1.54, 1.807) is 11.2 Å². The Morgan fingerprint density at radius 3 is 2.50 bits per heavy atom. The van der Waals surface area contributed by atoms with Gasteiger partial charge in [-0.25, -0.2) is 9.97 Å². The van der Waals surface area contributed by atoms with Crippen molar-refractivity contribution in [3.05, 3.63) is 12.4 Å². The summed E-state index contributed by atoms with van der Waals surface area (Å²) >= 11 is 0. The molecule has 3 aliphatic rings. The summed E-state index contributed by atoms with van der Waals surface area (Å²) in [6, 6.07) is 3.40. The van der Waals surface area contributed by atoms with Gasteiger partial charge in [0, 0.05) is 51.4 Å². The average Bonchev–Trinajstić information content (AvgIpc) is 2.83. The third-order valence-electron chi connectivity index (χ3n) is 5.89. The maximum atomic E-state index is 12.0. The van der Waals surface area contributed by atoms with Gasteiger partial charge in [-0.3, -0.25) is 9.69 Å². The number of carbonyl (C=O) groups excluding carboxylic acids is 1. The molecule has 1 amide bonds. The van der Waals surface area contributed by atoms with Gasteiger partial charge >= 0.3 is 0 Å². The van der Waals surface area contributed by atoms with Crippen LogP contribution in [0.3, 0.4) is 0 Å². The Balaban J connectivity index is 1.51. The molecule has 0 aliphatic carbocycles. The Bertz CT molecular complexity index is 623. The summed E-state index contributed by atoms with van der Waals surface area (Å²) in [6.45, 7) is 4.05. The summed E-state index contributed by atoms with van der Waals surface area (Å²) in [5.74, 6) is 2.01. The Kier molecular flexibility index (Phi) is 4.04. The monoisotopic (exact) mass is 330 g/mol. The summed E-state index contributed by atoms with van der Waals surface area (Å²) in [4.78, 5) is 29.7. The molecule has 7 heteroatoms. The topological polar surface area (TPSA) is 55.8 Å². The molecule has 0 spiro atoms. The first-order valence-corrected chi connectivity index (χ1v) is 8.89. The maximum Gasteiger partial charge on any atom is 0.241 e. The highest BCUT2D eigenvalue weighted by molar-refractivity contribution is 5.82. The molecule has 0 aromatic carbocycles. The van der Waals surface area contributed by atoms with E-state index in [0.717, 1.165) is 43.9 Å². The molecule has 3 saturated heterocycles. The minimum absolute atomic E-state index is 0.148. The summed E-state index contributed by atoms with van der Waals surface area (Å²) in [5.41, 5.74) is 0. The van der Waals surface area contributed by atoms with Crippen molar-refractivity contribution in [1.82, 2.24) is 19.8 Å². The predicted octanol–water partition coefficient (Wildman–Crippen LogP) is 0.428. The number of piperazine rings is 1. The molecule has 130 valence electrons. The van der Waals surface area contributed by atoms with Crippen molar-refractivity contribution in [1.29, 1.82) is 0 Å². The Labute approximate surface area is 143 Å². The lowest BCUT2D eigenvalue weighted by Gasteiger charge is -2.33. The van der Waals surface area contributed by atoms with Gasteiger partial charge in [0.2, 0.25) is 5.91 Å². The zero-order valence-electron chi connectivity index (χ0n) is 14.6. The van der Waals surface area contributed by atoms with Crippen LogP contribution in [0.5, 0.6) is 0 Å². The molecule has 2 atom stereocenters. The van der Waals surface area contributed by atoms with Crippen LogP contribution in [0.1, 0.15) is 19.3 Å². The summed E-state index contributed by atoms with van der Waals surface area (Å²) in [6.07, 6.45) is 5.44. The molecule has 4 rings (SSSR count). The minimum atomic E-state index is 0.148. The number of fused-ring (bicyclic) bond motifs is 2. The van der Waals surface area contributed by atoms with E-state index >= 15 is 0 Å². The molecule has 1 aromatic heterocycles. The van der Waals surface area contributed by atoms with Crippen LogP contribution in [0.2, 0.25) is 0 Å². The molecule has 2 bridgehead atoms. The fourth-order valence-electron chi connectivity index (χ4n) is 4.15. The third kappa shape index (κ3) is 2.81. The molecule has 4 heterocycles. The number of nitrogens with zero attached hydrogens (tertiary/aromatic N) is 6. The molecule has 7 nitrogen and oxygen atoms in total. The molecule has 3 aliphatic heterocycles. The van der Waals surface area contributed by atoms with E-state index in [0.29, 0.717) is 12.6 Å². The number of likely N-dealkylation sites (N-methyl/N-ethyl adjacent to an activating group) is 2. The molecule has 0 saturated carbocycles. The second-order valence-corrected chi connectivity index (χ2v) is 7.26. The maximum absolute atomic E-state index is 12.0. The molecule has 1 aromatic rings. The van der Waals surface area contributed by atoms with Gasteiger partial charge in [0.25, 0.3) is 0 Å². The smallest absolute Gasteiger partial charge is 0.241 e. The van der Waals surface area contributed by atoms with Crippen LogP contribution in [0.15, 0.2) is 12.4 Å². The van der Waals surface area contributed by atoms with Crippen LogP contribution < -0.4 is 9.80 Å². The molecule has 0 radical (unpaired) electrons. The highest BCUT2D eigenvalue weighted by Gasteiger charge is 2.35. The van der Waals surface area contributed by atoms with E-state index in [9.17, 15) is 4.79 Å². The Morgan fingerprint density at radius 2 is 1.71 bits per heavy atom. The van der Waals surface area contributed by atoms with Crippen molar-refractivity contribution >= 4 is 17.5 Å². The zero-order chi connectivity index (χ0) is 16.7. The lowest BCUT2D eigenvalue weighted by atomic mass is 10.1. The van der Waals surface area contributed by atoms with Crippen molar-refractivity contribution in [2.45, 2.75) is 31.3 Å². The quantitative estimate of drug-likeness (QED) is 0.784. The standard InChI is InChI=1S/C17H26N6O/c1-20-7-8-23(11-17(20)24)16-9-15(18-12-19-16)22-6-5-13-3-4-14(10-22)21(13)2/h9,12-14H,3-8,10-11H2,1-2H3. The first kappa shape index (κ1) is 15.6. The van der Waals surface area contributed by atoms with Gasteiger partial charge in [0.05, 0.1) is 6.54 Å². The second kappa shape index (κ2) is 6.20. The van der Waals surface area contributed by atoms with Gasteiger partial charge in [0.15, 0.2) is 0 Å². The largest absolute Gasteiger partial charge is 0.355 e. The number of hydrogen-bond donors (Lipinski definition) is 0. The first-order chi connectivity index (χ1) is 11.6. The molecule has 0 N–H and O–H groups in total. The van der Waals surface area contributed by atoms with Gasteiger partial charge in [-0.2, -0.15) is 0 Å². The van der Waals surface area contributed by atoms with Gasteiger partial charge in [0.1, 0.15) is 18.0 Å². The predicted molar refractivity (Wildman–Crippen MR) is 93.3 cm³/mol. The molecule has 24 heavy (non-hydrogen) atoms. The van der Waals surface area contributed by atoms with Gasteiger partial charge < -0.3 is 14.7 Å².